The Morgan fingerprint density at radius 1 is 1.59 bits per heavy atom. The molecule has 0 spiro atoms. The number of halogens is 1. The van der Waals surface area contributed by atoms with E-state index in [1.807, 2.05) is 0 Å². The summed E-state index contributed by atoms with van der Waals surface area (Å²) in [6, 6.07) is 4.28. The average Bonchev–Trinajstić information content (AvgIpc) is 2.28. The van der Waals surface area contributed by atoms with Crippen LogP contribution in [0.3, 0.4) is 0 Å². The molecule has 4 nitrogen and oxygen atoms in total. The summed E-state index contributed by atoms with van der Waals surface area (Å²) in [5.74, 6) is -0.782. The third-order valence-corrected chi connectivity index (χ3v) is 2.46. The molecule has 17 heavy (non-hydrogen) atoms. The number of amides is 1. The normalized spacial score (nSPS) is 12.2. The molecule has 0 saturated heterocycles. The zero-order valence-corrected chi connectivity index (χ0v) is 9.65. The largest absolute Gasteiger partial charge is 0.494 e. The van der Waals surface area contributed by atoms with Crippen molar-refractivity contribution in [3.05, 3.63) is 29.6 Å². The van der Waals surface area contributed by atoms with Crippen LogP contribution in [0.25, 0.3) is 0 Å². The Balaban J connectivity index is 2.59. The van der Waals surface area contributed by atoms with Gasteiger partial charge in [-0.3, -0.25) is 4.79 Å². The first-order chi connectivity index (χ1) is 8.04. The third-order valence-electron chi connectivity index (χ3n) is 2.46. The van der Waals surface area contributed by atoms with E-state index in [9.17, 15) is 14.3 Å². The number of hydrogen-bond acceptors (Lipinski definition) is 3. The summed E-state index contributed by atoms with van der Waals surface area (Å²) >= 11 is 0. The lowest BCUT2D eigenvalue weighted by molar-refractivity contribution is -0.118. The van der Waals surface area contributed by atoms with Gasteiger partial charge in [-0.2, -0.15) is 0 Å². The van der Waals surface area contributed by atoms with Crippen LogP contribution in [-0.4, -0.2) is 18.1 Å². The van der Waals surface area contributed by atoms with Crippen LogP contribution >= 0.6 is 0 Å². The summed E-state index contributed by atoms with van der Waals surface area (Å²) in [6.45, 7) is 0. The van der Waals surface area contributed by atoms with Crippen molar-refractivity contribution >= 4 is 5.91 Å². The highest BCUT2D eigenvalue weighted by Crippen LogP contribution is 2.24. The Morgan fingerprint density at radius 2 is 2.29 bits per heavy atom. The molecule has 0 bridgehead atoms. The highest BCUT2D eigenvalue weighted by molar-refractivity contribution is 5.73. The summed E-state index contributed by atoms with van der Waals surface area (Å²) in [5, 5.41) is 9.76. The van der Waals surface area contributed by atoms with Crippen molar-refractivity contribution in [3.8, 4) is 5.75 Å². The van der Waals surface area contributed by atoms with Crippen LogP contribution < -0.4 is 10.5 Å². The van der Waals surface area contributed by atoms with E-state index in [1.165, 1.54) is 19.2 Å². The van der Waals surface area contributed by atoms with Gasteiger partial charge < -0.3 is 15.6 Å². The molecule has 1 rings (SSSR count). The highest BCUT2D eigenvalue weighted by Gasteiger charge is 2.11. The number of aliphatic hydroxyl groups excluding tert-OH is 1. The molecule has 0 fully saturated rings. The van der Waals surface area contributed by atoms with Gasteiger partial charge in [0.05, 0.1) is 13.2 Å². The van der Waals surface area contributed by atoms with Gasteiger partial charge in [-0.25, -0.2) is 4.39 Å². The lowest BCUT2D eigenvalue weighted by Gasteiger charge is -2.11. The van der Waals surface area contributed by atoms with E-state index < -0.39 is 17.8 Å². The Bertz CT molecular complexity index is 395. The molecule has 94 valence electrons. The van der Waals surface area contributed by atoms with E-state index >= 15 is 0 Å². The molecule has 1 amide bonds. The average molecular weight is 241 g/mol. The predicted octanol–water partition coefficient (Wildman–Crippen LogP) is 1.52. The quantitative estimate of drug-likeness (QED) is 0.793. The van der Waals surface area contributed by atoms with Crippen LogP contribution in [0.15, 0.2) is 18.2 Å². The number of nitrogens with two attached hydrogens (primary N) is 1. The number of ether oxygens (including phenoxy) is 1. The van der Waals surface area contributed by atoms with Crippen LogP contribution in [0.2, 0.25) is 0 Å². The molecular formula is C12H16FNO3. The number of hydrogen-bond donors (Lipinski definition) is 2. The smallest absolute Gasteiger partial charge is 0.217 e. The van der Waals surface area contributed by atoms with Crippen molar-refractivity contribution in [1.82, 2.24) is 0 Å². The molecule has 1 unspecified atom stereocenters. The van der Waals surface area contributed by atoms with E-state index in [0.717, 1.165) is 0 Å². The van der Waals surface area contributed by atoms with Crippen molar-refractivity contribution in [2.24, 2.45) is 5.73 Å². The van der Waals surface area contributed by atoms with E-state index in [1.54, 1.807) is 6.07 Å². The summed E-state index contributed by atoms with van der Waals surface area (Å²) < 4.78 is 18.1. The van der Waals surface area contributed by atoms with E-state index in [2.05, 4.69) is 0 Å². The Morgan fingerprint density at radius 3 is 2.82 bits per heavy atom. The minimum Gasteiger partial charge on any atom is -0.494 e. The van der Waals surface area contributed by atoms with Gasteiger partial charge in [0.15, 0.2) is 11.6 Å². The van der Waals surface area contributed by atoms with Gasteiger partial charge in [0, 0.05) is 6.42 Å². The van der Waals surface area contributed by atoms with Gasteiger partial charge in [0.1, 0.15) is 0 Å². The molecule has 1 aromatic rings. The second-order valence-corrected chi connectivity index (χ2v) is 3.77. The van der Waals surface area contributed by atoms with Crippen molar-refractivity contribution in [2.75, 3.05) is 7.11 Å². The molecule has 0 aliphatic carbocycles. The van der Waals surface area contributed by atoms with E-state index in [-0.39, 0.29) is 12.2 Å². The Labute approximate surface area is 99.2 Å². The topological polar surface area (TPSA) is 72.6 Å². The van der Waals surface area contributed by atoms with Crippen LogP contribution in [0, 0.1) is 5.82 Å². The van der Waals surface area contributed by atoms with Crippen molar-refractivity contribution in [3.63, 3.8) is 0 Å². The van der Waals surface area contributed by atoms with Gasteiger partial charge >= 0.3 is 0 Å². The number of benzene rings is 1. The lowest BCUT2D eigenvalue weighted by atomic mass is 10.0. The summed E-state index contributed by atoms with van der Waals surface area (Å²) in [4.78, 5) is 10.5. The van der Waals surface area contributed by atoms with Crippen LogP contribution in [0.4, 0.5) is 4.39 Å². The number of rotatable bonds is 6. The number of primary amides is 1. The molecule has 0 aliphatic rings. The molecule has 0 radical (unpaired) electrons. The molecule has 0 aromatic heterocycles. The minimum atomic E-state index is -0.797. The number of aliphatic hydroxyl groups is 1. The predicted molar refractivity (Wildman–Crippen MR) is 61.0 cm³/mol. The fourth-order valence-electron chi connectivity index (χ4n) is 1.53. The van der Waals surface area contributed by atoms with Crippen molar-refractivity contribution < 1.29 is 19.0 Å². The minimum absolute atomic E-state index is 0.137. The lowest BCUT2D eigenvalue weighted by Crippen LogP contribution is -2.10. The molecule has 0 saturated carbocycles. The number of carbonyl (C=O) groups excluding carboxylic acids is 1. The monoisotopic (exact) mass is 241 g/mol. The standard InChI is InChI=1S/C12H16FNO3/c1-17-11-6-5-8(7-9(11)13)10(15)3-2-4-12(14)16/h5-7,10,15H,2-4H2,1H3,(H2,14,16). The van der Waals surface area contributed by atoms with Gasteiger partial charge in [0.2, 0.25) is 5.91 Å². The summed E-state index contributed by atoms with van der Waals surface area (Å²) in [7, 11) is 1.38. The third kappa shape index (κ3) is 4.03. The highest BCUT2D eigenvalue weighted by atomic mass is 19.1. The summed E-state index contributed by atoms with van der Waals surface area (Å²) in [6.07, 6.45) is 0.268. The molecular weight excluding hydrogens is 225 g/mol. The number of carbonyl (C=O) groups is 1. The fraction of sp³-hybridized carbons (Fsp3) is 0.417. The first kappa shape index (κ1) is 13.4. The van der Waals surface area contributed by atoms with E-state index in [4.69, 9.17) is 10.5 Å². The zero-order valence-electron chi connectivity index (χ0n) is 9.65. The maximum absolute atomic E-state index is 13.4. The van der Waals surface area contributed by atoms with Gasteiger partial charge in [-0.05, 0) is 30.5 Å². The number of methoxy groups -OCH3 is 1. The zero-order chi connectivity index (χ0) is 12.8. The molecule has 5 heteroatoms. The fourth-order valence-corrected chi connectivity index (χ4v) is 1.53. The first-order valence-corrected chi connectivity index (χ1v) is 5.34. The molecule has 1 atom stereocenters. The SMILES string of the molecule is COc1ccc(C(O)CCCC(N)=O)cc1F. The Hall–Kier alpha value is -1.62. The first-order valence-electron chi connectivity index (χ1n) is 5.34. The Kier molecular flexibility index (Phi) is 4.90. The molecule has 1 aromatic carbocycles. The van der Waals surface area contributed by atoms with Gasteiger partial charge in [-0.15, -0.1) is 0 Å². The van der Waals surface area contributed by atoms with Crippen LogP contribution in [0.5, 0.6) is 5.75 Å². The van der Waals surface area contributed by atoms with Crippen molar-refractivity contribution in [2.45, 2.75) is 25.4 Å². The maximum atomic E-state index is 13.4. The van der Waals surface area contributed by atoms with Crippen LogP contribution in [0.1, 0.15) is 30.9 Å². The molecule has 0 aliphatic heterocycles. The molecule has 3 N–H and O–H groups in total. The second kappa shape index (κ2) is 6.20. The van der Waals surface area contributed by atoms with Crippen molar-refractivity contribution in [1.29, 1.82) is 0 Å². The van der Waals surface area contributed by atoms with Crippen LogP contribution in [-0.2, 0) is 4.79 Å². The second-order valence-electron chi connectivity index (χ2n) is 3.77. The van der Waals surface area contributed by atoms with Gasteiger partial charge in [-0.1, -0.05) is 6.07 Å². The van der Waals surface area contributed by atoms with E-state index in [0.29, 0.717) is 18.4 Å². The molecule has 0 heterocycles. The summed E-state index contributed by atoms with van der Waals surface area (Å²) in [5.41, 5.74) is 5.45. The van der Waals surface area contributed by atoms with Gasteiger partial charge in [0.25, 0.3) is 0 Å². The maximum Gasteiger partial charge on any atom is 0.217 e.